The molecule has 5 heteroatoms. The molecule has 0 aliphatic heterocycles. The number of rotatable bonds is 16. The fourth-order valence-corrected chi connectivity index (χ4v) is 5.46. The molecule has 0 bridgehead atoms. The summed E-state index contributed by atoms with van der Waals surface area (Å²) in [5, 5.41) is 9.16. The van der Waals surface area contributed by atoms with Crippen LogP contribution in [-0.2, 0) is 31.9 Å². The Morgan fingerprint density at radius 1 is 0.973 bits per heavy atom. The van der Waals surface area contributed by atoms with Gasteiger partial charge in [0.2, 0.25) is 0 Å². The number of aryl methyl sites for hydroxylation is 1. The number of allylic oxidation sites excluding steroid dienone is 3. The van der Waals surface area contributed by atoms with Gasteiger partial charge >= 0.3 is 11.9 Å². The number of aliphatic hydroxyl groups excluding tert-OH is 1. The zero-order valence-electron chi connectivity index (χ0n) is 23.2. The zero-order chi connectivity index (χ0) is 26.9. The van der Waals surface area contributed by atoms with E-state index in [0.29, 0.717) is 18.3 Å². The van der Waals surface area contributed by atoms with Gasteiger partial charge in [-0.1, -0.05) is 75.1 Å². The minimum Gasteiger partial charge on any atom is -0.462 e. The maximum Gasteiger partial charge on any atom is 0.303 e. The SMILES string of the molecule is CCCCCc1ccccc1CC(C=CC=CC1CCCCC1C(CCCCO)OC(C)=O)OC(C)=O. The van der Waals surface area contributed by atoms with Gasteiger partial charge in [0, 0.05) is 32.8 Å². The highest BCUT2D eigenvalue weighted by atomic mass is 16.5. The van der Waals surface area contributed by atoms with E-state index in [1.54, 1.807) is 0 Å². The average molecular weight is 513 g/mol. The van der Waals surface area contributed by atoms with Crippen molar-refractivity contribution < 1.29 is 24.2 Å². The predicted molar refractivity (Wildman–Crippen MR) is 149 cm³/mol. The van der Waals surface area contributed by atoms with Gasteiger partial charge in [-0.25, -0.2) is 0 Å². The van der Waals surface area contributed by atoms with Crippen LogP contribution in [0.5, 0.6) is 0 Å². The van der Waals surface area contributed by atoms with Gasteiger partial charge in [0.05, 0.1) is 0 Å². The first-order valence-corrected chi connectivity index (χ1v) is 14.3. The van der Waals surface area contributed by atoms with E-state index in [0.717, 1.165) is 44.9 Å². The predicted octanol–water partition coefficient (Wildman–Crippen LogP) is 6.91. The summed E-state index contributed by atoms with van der Waals surface area (Å²) in [4.78, 5) is 23.6. The van der Waals surface area contributed by atoms with Gasteiger partial charge in [-0.15, -0.1) is 0 Å². The van der Waals surface area contributed by atoms with E-state index in [-0.39, 0.29) is 30.8 Å². The van der Waals surface area contributed by atoms with Crippen LogP contribution < -0.4 is 0 Å². The molecule has 1 aromatic rings. The Morgan fingerprint density at radius 2 is 1.70 bits per heavy atom. The Bertz CT molecular complexity index is 858. The molecule has 1 fully saturated rings. The summed E-state index contributed by atoms with van der Waals surface area (Å²) in [6.07, 6.45) is 19.9. The molecular weight excluding hydrogens is 464 g/mol. The maximum absolute atomic E-state index is 11.8. The van der Waals surface area contributed by atoms with Crippen molar-refractivity contribution in [3.63, 3.8) is 0 Å². The lowest BCUT2D eigenvalue weighted by molar-refractivity contribution is -0.151. The number of aliphatic hydroxyl groups is 1. The van der Waals surface area contributed by atoms with Crippen LogP contribution in [0, 0.1) is 11.8 Å². The Kier molecular flexibility index (Phi) is 15.0. The van der Waals surface area contributed by atoms with Crippen molar-refractivity contribution in [2.45, 2.75) is 110 Å². The Labute approximate surface area is 224 Å². The molecule has 1 aromatic carbocycles. The van der Waals surface area contributed by atoms with E-state index in [1.165, 1.54) is 50.7 Å². The fourth-order valence-electron chi connectivity index (χ4n) is 5.46. The molecule has 1 N–H and O–H groups in total. The molecule has 37 heavy (non-hydrogen) atoms. The van der Waals surface area contributed by atoms with E-state index in [2.05, 4.69) is 43.3 Å². The molecule has 5 nitrogen and oxygen atoms in total. The van der Waals surface area contributed by atoms with Gasteiger partial charge in [-0.3, -0.25) is 9.59 Å². The van der Waals surface area contributed by atoms with Crippen LogP contribution >= 0.6 is 0 Å². The first-order chi connectivity index (χ1) is 17.9. The van der Waals surface area contributed by atoms with E-state index < -0.39 is 0 Å². The molecule has 2 rings (SSSR count). The van der Waals surface area contributed by atoms with Gasteiger partial charge in [-0.05, 0) is 68.1 Å². The largest absolute Gasteiger partial charge is 0.462 e. The summed E-state index contributed by atoms with van der Waals surface area (Å²) < 4.78 is 11.4. The van der Waals surface area contributed by atoms with Crippen LogP contribution in [0.4, 0.5) is 0 Å². The lowest BCUT2D eigenvalue weighted by atomic mass is 9.75. The molecule has 0 radical (unpaired) electrons. The van der Waals surface area contributed by atoms with Crippen molar-refractivity contribution in [2.75, 3.05) is 6.61 Å². The van der Waals surface area contributed by atoms with Crippen molar-refractivity contribution in [1.29, 1.82) is 0 Å². The normalized spacial score (nSPS) is 19.7. The number of benzene rings is 1. The molecule has 206 valence electrons. The van der Waals surface area contributed by atoms with Crippen LogP contribution in [0.15, 0.2) is 48.6 Å². The summed E-state index contributed by atoms with van der Waals surface area (Å²) in [7, 11) is 0. The Balaban J connectivity index is 2.08. The minimum atomic E-state index is -0.316. The van der Waals surface area contributed by atoms with Crippen LogP contribution in [0.25, 0.3) is 0 Å². The molecule has 4 unspecified atom stereocenters. The monoisotopic (exact) mass is 512 g/mol. The van der Waals surface area contributed by atoms with Crippen LogP contribution in [0.2, 0.25) is 0 Å². The molecule has 0 saturated heterocycles. The molecule has 0 spiro atoms. The van der Waals surface area contributed by atoms with E-state index in [1.807, 2.05) is 12.2 Å². The van der Waals surface area contributed by atoms with Crippen molar-refractivity contribution in [3.05, 3.63) is 59.7 Å². The highest BCUT2D eigenvalue weighted by Crippen LogP contribution is 2.36. The van der Waals surface area contributed by atoms with Gasteiger partial charge in [0.15, 0.2) is 0 Å². The summed E-state index contributed by atoms with van der Waals surface area (Å²) >= 11 is 0. The number of hydrogen-bond acceptors (Lipinski definition) is 5. The van der Waals surface area contributed by atoms with Crippen molar-refractivity contribution in [1.82, 2.24) is 0 Å². The average Bonchev–Trinajstić information content (AvgIpc) is 2.87. The lowest BCUT2D eigenvalue weighted by Gasteiger charge is -2.35. The molecule has 0 aromatic heterocycles. The third-order valence-corrected chi connectivity index (χ3v) is 7.27. The highest BCUT2D eigenvalue weighted by Gasteiger charge is 2.32. The summed E-state index contributed by atoms with van der Waals surface area (Å²) in [5.74, 6) is 0.117. The molecular formula is C32H48O5. The van der Waals surface area contributed by atoms with Crippen LogP contribution in [-0.4, -0.2) is 35.9 Å². The standard InChI is InChI=1S/C32H48O5/c1-4-5-6-15-27-16-7-8-19-29(27)24-30(36-25(2)34)20-11-9-17-28-18-10-12-21-31(28)32(37-26(3)35)22-13-14-23-33/h7-9,11,16-17,19-20,28,30-33H,4-6,10,12-15,18,21-24H2,1-3H3. The number of ether oxygens (including phenoxy) is 2. The smallest absolute Gasteiger partial charge is 0.303 e. The van der Waals surface area contributed by atoms with E-state index in [4.69, 9.17) is 14.6 Å². The summed E-state index contributed by atoms with van der Waals surface area (Å²) in [6.45, 7) is 5.32. The van der Waals surface area contributed by atoms with E-state index >= 15 is 0 Å². The topological polar surface area (TPSA) is 72.8 Å². The third-order valence-electron chi connectivity index (χ3n) is 7.27. The molecule has 4 atom stereocenters. The van der Waals surface area contributed by atoms with Gasteiger partial charge in [-0.2, -0.15) is 0 Å². The first kappa shape index (κ1) is 30.8. The van der Waals surface area contributed by atoms with Gasteiger partial charge in [0.25, 0.3) is 0 Å². The first-order valence-electron chi connectivity index (χ1n) is 14.3. The lowest BCUT2D eigenvalue weighted by Crippen LogP contribution is -2.33. The Morgan fingerprint density at radius 3 is 2.41 bits per heavy atom. The number of hydrogen-bond donors (Lipinski definition) is 1. The number of unbranched alkanes of at least 4 members (excludes halogenated alkanes) is 3. The highest BCUT2D eigenvalue weighted by molar-refractivity contribution is 5.66. The van der Waals surface area contributed by atoms with Gasteiger partial charge < -0.3 is 14.6 Å². The third kappa shape index (κ3) is 12.1. The van der Waals surface area contributed by atoms with Crippen molar-refractivity contribution in [2.24, 2.45) is 11.8 Å². The Hall–Kier alpha value is -2.40. The summed E-state index contributed by atoms with van der Waals surface area (Å²) in [5.41, 5.74) is 2.57. The molecule has 0 heterocycles. The molecule has 1 aliphatic carbocycles. The van der Waals surface area contributed by atoms with Crippen molar-refractivity contribution in [3.8, 4) is 0 Å². The quantitative estimate of drug-likeness (QED) is 0.148. The van der Waals surface area contributed by atoms with E-state index in [9.17, 15) is 9.59 Å². The van der Waals surface area contributed by atoms with Crippen molar-refractivity contribution >= 4 is 11.9 Å². The second-order valence-corrected chi connectivity index (χ2v) is 10.3. The number of carbonyl (C=O) groups is 2. The van der Waals surface area contributed by atoms with Crippen LogP contribution in [0.1, 0.15) is 96.1 Å². The maximum atomic E-state index is 11.8. The fraction of sp³-hybridized carbons (Fsp3) is 0.625. The number of carbonyl (C=O) groups excluding carboxylic acids is 2. The second-order valence-electron chi connectivity index (χ2n) is 10.3. The summed E-state index contributed by atoms with van der Waals surface area (Å²) in [6, 6.07) is 8.46. The van der Waals surface area contributed by atoms with Gasteiger partial charge in [0.1, 0.15) is 12.2 Å². The molecule has 1 saturated carbocycles. The molecule has 1 aliphatic rings. The zero-order valence-corrected chi connectivity index (χ0v) is 23.2. The van der Waals surface area contributed by atoms with Crippen LogP contribution in [0.3, 0.4) is 0 Å². The molecule has 0 amide bonds. The number of esters is 2. The minimum absolute atomic E-state index is 0.110. The second kappa shape index (κ2) is 18.0.